The third-order valence-corrected chi connectivity index (χ3v) is 4.88. The summed E-state index contributed by atoms with van der Waals surface area (Å²) in [7, 11) is 0. The number of ketones is 1. The van der Waals surface area contributed by atoms with E-state index in [1.807, 2.05) is 24.3 Å². The van der Waals surface area contributed by atoms with E-state index in [0.717, 1.165) is 44.0 Å². The summed E-state index contributed by atoms with van der Waals surface area (Å²) in [6, 6.07) is 12.8. The van der Waals surface area contributed by atoms with Gasteiger partial charge in [-0.05, 0) is 48.5 Å². The molecule has 0 saturated carbocycles. The minimum atomic E-state index is -4.74. The van der Waals surface area contributed by atoms with E-state index in [0.29, 0.717) is 23.6 Å². The van der Waals surface area contributed by atoms with Crippen LogP contribution in [0.25, 0.3) is 0 Å². The van der Waals surface area contributed by atoms with Gasteiger partial charge >= 0.3 is 6.36 Å². The van der Waals surface area contributed by atoms with Crippen molar-refractivity contribution >= 4 is 23.1 Å². The maximum absolute atomic E-state index is 12.3. The predicted octanol–water partition coefficient (Wildman–Crippen LogP) is 4.63. The van der Waals surface area contributed by atoms with E-state index in [2.05, 4.69) is 14.5 Å². The number of halogens is 4. The van der Waals surface area contributed by atoms with E-state index >= 15 is 0 Å². The molecule has 0 spiro atoms. The molecule has 0 unspecified atom stereocenters. The second-order valence-corrected chi connectivity index (χ2v) is 6.99. The number of anilines is 1. The zero-order valence-corrected chi connectivity index (χ0v) is 15.8. The molecule has 28 heavy (non-hydrogen) atoms. The standard InChI is InChI=1S/C20H20ClF3N2O2/c21-16-3-5-17(6-4-16)26-13-11-25(12-14-26)10-9-19(27)15-1-7-18(8-2-15)28-20(22,23)24/h1-8H,9-14H2. The van der Waals surface area contributed by atoms with Crippen molar-refractivity contribution in [3.63, 3.8) is 0 Å². The number of nitrogens with zero attached hydrogens (tertiary/aromatic N) is 2. The molecule has 1 heterocycles. The van der Waals surface area contributed by atoms with Crippen LogP contribution in [0.2, 0.25) is 5.02 Å². The Labute approximate surface area is 166 Å². The van der Waals surface area contributed by atoms with Crippen molar-refractivity contribution in [1.29, 1.82) is 0 Å². The number of carbonyl (C=O) groups is 1. The first kappa shape index (κ1) is 20.5. The van der Waals surface area contributed by atoms with Crippen LogP contribution >= 0.6 is 11.6 Å². The molecule has 2 aromatic rings. The van der Waals surface area contributed by atoms with Crippen LogP contribution in [0.15, 0.2) is 48.5 Å². The van der Waals surface area contributed by atoms with Crippen LogP contribution in [0.1, 0.15) is 16.8 Å². The highest BCUT2D eigenvalue weighted by Crippen LogP contribution is 2.23. The smallest absolute Gasteiger partial charge is 0.406 e. The topological polar surface area (TPSA) is 32.8 Å². The molecular weight excluding hydrogens is 393 g/mol. The fraction of sp³-hybridized carbons (Fsp3) is 0.350. The molecule has 0 atom stereocenters. The lowest BCUT2D eigenvalue weighted by molar-refractivity contribution is -0.274. The van der Waals surface area contributed by atoms with Gasteiger partial charge in [0, 0.05) is 55.4 Å². The molecule has 0 amide bonds. The fourth-order valence-electron chi connectivity index (χ4n) is 3.13. The second-order valence-electron chi connectivity index (χ2n) is 6.55. The number of hydrogen-bond donors (Lipinski definition) is 0. The normalized spacial score (nSPS) is 15.5. The molecule has 0 bridgehead atoms. The Balaban J connectivity index is 1.44. The highest BCUT2D eigenvalue weighted by Gasteiger charge is 2.31. The van der Waals surface area contributed by atoms with Crippen LogP contribution in [-0.2, 0) is 0 Å². The van der Waals surface area contributed by atoms with Crippen molar-refractivity contribution in [2.45, 2.75) is 12.8 Å². The largest absolute Gasteiger partial charge is 0.573 e. The Bertz CT molecular complexity index is 787. The number of carbonyl (C=O) groups excluding carboxylic acids is 1. The molecule has 1 aliphatic rings. The summed E-state index contributed by atoms with van der Waals surface area (Å²) in [5.41, 5.74) is 1.51. The summed E-state index contributed by atoms with van der Waals surface area (Å²) in [4.78, 5) is 16.8. The SMILES string of the molecule is O=C(CCN1CCN(c2ccc(Cl)cc2)CC1)c1ccc(OC(F)(F)F)cc1. The van der Waals surface area contributed by atoms with Gasteiger partial charge in [0.1, 0.15) is 5.75 Å². The molecule has 0 aromatic heterocycles. The average molecular weight is 413 g/mol. The third kappa shape index (κ3) is 5.87. The fourth-order valence-corrected chi connectivity index (χ4v) is 3.25. The van der Waals surface area contributed by atoms with Crippen LogP contribution in [0.3, 0.4) is 0 Å². The second kappa shape index (κ2) is 8.84. The lowest BCUT2D eigenvalue weighted by atomic mass is 10.1. The van der Waals surface area contributed by atoms with Gasteiger partial charge in [0.05, 0.1) is 0 Å². The van der Waals surface area contributed by atoms with Crippen molar-refractivity contribution < 1.29 is 22.7 Å². The van der Waals surface area contributed by atoms with Gasteiger partial charge in [-0.15, -0.1) is 13.2 Å². The summed E-state index contributed by atoms with van der Waals surface area (Å²) in [6.45, 7) is 4.02. The van der Waals surface area contributed by atoms with E-state index in [-0.39, 0.29) is 11.5 Å². The van der Waals surface area contributed by atoms with Gasteiger partial charge < -0.3 is 9.64 Å². The van der Waals surface area contributed by atoms with Crippen LogP contribution in [0, 0.1) is 0 Å². The van der Waals surface area contributed by atoms with Gasteiger partial charge in [0.25, 0.3) is 0 Å². The van der Waals surface area contributed by atoms with E-state index in [9.17, 15) is 18.0 Å². The van der Waals surface area contributed by atoms with E-state index in [1.165, 1.54) is 12.1 Å². The van der Waals surface area contributed by atoms with Crippen molar-refractivity contribution in [2.75, 3.05) is 37.6 Å². The Kier molecular flexibility index (Phi) is 6.46. The minimum Gasteiger partial charge on any atom is -0.406 e. The number of rotatable bonds is 6. The summed E-state index contributed by atoms with van der Waals surface area (Å²) < 4.78 is 40.3. The van der Waals surface area contributed by atoms with E-state index in [1.54, 1.807) is 0 Å². The summed E-state index contributed by atoms with van der Waals surface area (Å²) >= 11 is 5.92. The first-order valence-electron chi connectivity index (χ1n) is 8.92. The van der Waals surface area contributed by atoms with Crippen molar-refractivity contribution in [1.82, 2.24) is 4.90 Å². The maximum atomic E-state index is 12.3. The molecular formula is C20H20ClF3N2O2. The first-order valence-corrected chi connectivity index (χ1v) is 9.30. The van der Waals surface area contributed by atoms with Crippen molar-refractivity contribution in [2.24, 2.45) is 0 Å². The molecule has 150 valence electrons. The number of piperazine rings is 1. The number of hydrogen-bond acceptors (Lipinski definition) is 4. The quantitative estimate of drug-likeness (QED) is 0.647. The van der Waals surface area contributed by atoms with Crippen LogP contribution < -0.4 is 9.64 Å². The molecule has 0 N–H and O–H groups in total. The van der Waals surface area contributed by atoms with Gasteiger partial charge in [0.15, 0.2) is 5.78 Å². The molecule has 8 heteroatoms. The van der Waals surface area contributed by atoms with E-state index < -0.39 is 6.36 Å². The monoisotopic (exact) mass is 412 g/mol. The zero-order chi connectivity index (χ0) is 20.1. The zero-order valence-electron chi connectivity index (χ0n) is 15.1. The maximum Gasteiger partial charge on any atom is 0.573 e. The number of benzene rings is 2. The molecule has 0 aliphatic carbocycles. The first-order chi connectivity index (χ1) is 13.3. The average Bonchev–Trinajstić information content (AvgIpc) is 2.66. The Morgan fingerprint density at radius 1 is 0.964 bits per heavy atom. The minimum absolute atomic E-state index is 0.0984. The summed E-state index contributed by atoms with van der Waals surface area (Å²) in [5, 5.41) is 0.707. The van der Waals surface area contributed by atoms with Gasteiger partial charge in [0.2, 0.25) is 0 Å². The lowest BCUT2D eigenvalue weighted by Crippen LogP contribution is -2.46. The predicted molar refractivity (Wildman–Crippen MR) is 102 cm³/mol. The molecule has 1 fully saturated rings. The van der Waals surface area contributed by atoms with Gasteiger partial charge in [-0.25, -0.2) is 0 Å². The third-order valence-electron chi connectivity index (χ3n) is 4.63. The van der Waals surface area contributed by atoms with Crippen LogP contribution in [0.4, 0.5) is 18.9 Å². The van der Waals surface area contributed by atoms with Gasteiger partial charge in [-0.3, -0.25) is 9.69 Å². The molecule has 4 nitrogen and oxygen atoms in total. The molecule has 1 aliphatic heterocycles. The van der Waals surface area contributed by atoms with Gasteiger partial charge in [-0.1, -0.05) is 11.6 Å². The van der Waals surface area contributed by atoms with Crippen LogP contribution in [0.5, 0.6) is 5.75 Å². The molecule has 1 saturated heterocycles. The number of alkyl halides is 3. The van der Waals surface area contributed by atoms with Crippen LogP contribution in [-0.4, -0.2) is 49.8 Å². The number of ether oxygens (including phenoxy) is 1. The van der Waals surface area contributed by atoms with E-state index in [4.69, 9.17) is 11.6 Å². The Morgan fingerprint density at radius 2 is 1.57 bits per heavy atom. The van der Waals surface area contributed by atoms with Crippen molar-refractivity contribution in [3.8, 4) is 5.75 Å². The summed E-state index contributed by atoms with van der Waals surface area (Å²) in [6.07, 6.45) is -4.42. The molecule has 3 rings (SSSR count). The Hall–Kier alpha value is -2.25. The molecule has 0 radical (unpaired) electrons. The highest BCUT2D eigenvalue weighted by molar-refractivity contribution is 6.30. The van der Waals surface area contributed by atoms with Crippen molar-refractivity contribution in [3.05, 3.63) is 59.1 Å². The summed E-state index contributed by atoms with van der Waals surface area (Å²) in [5.74, 6) is -0.430. The molecule has 2 aromatic carbocycles. The number of Topliss-reactive ketones (excluding diaryl/α,β-unsaturated/α-hetero) is 1. The van der Waals surface area contributed by atoms with Gasteiger partial charge in [-0.2, -0.15) is 0 Å². The lowest BCUT2D eigenvalue weighted by Gasteiger charge is -2.36. The highest BCUT2D eigenvalue weighted by atomic mass is 35.5. The Morgan fingerprint density at radius 3 is 2.14 bits per heavy atom.